The van der Waals surface area contributed by atoms with Crippen LogP contribution in [-0.2, 0) is 11.2 Å². The molecule has 3 rings (SSSR count). The summed E-state index contributed by atoms with van der Waals surface area (Å²) in [5.74, 6) is 0.708. The van der Waals surface area contributed by atoms with E-state index in [1.165, 1.54) is 0 Å². The van der Waals surface area contributed by atoms with Gasteiger partial charge >= 0.3 is 0 Å². The van der Waals surface area contributed by atoms with E-state index in [2.05, 4.69) is 17.4 Å². The van der Waals surface area contributed by atoms with Crippen LogP contribution in [0.15, 0.2) is 88.7 Å². The molecule has 1 N–H and O–H groups in total. The van der Waals surface area contributed by atoms with Crippen molar-refractivity contribution in [2.24, 2.45) is 0 Å². The molecular weight excluding hydrogens is 330 g/mol. The SMILES string of the molecule is COc1cccc(CC(=O)Nc2ccccc2Sc2ccccc2)c1. The van der Waals surface area contributed by atoms with Crippen LogP contribution in [0, 0.1) is 0 Å². The van der Waals surface area contributed by atoms with Crippen molar-refractivity contribution in [1.82, 2.24) is 0 Å². The molecule has 4 heteroatoms. The Labute approximate surface area is 152 Å². The molecule has 3 aromatic carbocycles. The van der Waals surface area contributed by atoms with Crippen LogP contribution in [0.3, 0.4) is 0 Å². The summed E-state index contributed by atoms with van der Waals surface area (Å²) >= 11 is 1.63. The van der Waals surface area contributed by atoms with Crippen molar-refractivity contribution in [3.63, 3.8) is 0 Å². The second-order valence-electron chi connectivity index (χ2n) is 5.49. The van der Waals surface area contributed by atoms with E-state index < -0.39 is 0 Å². The van der Waals surface area contributed by atoms with Gasteiger partial charge in [0.25, 0.3) is 0 Å². The molecule has 0 saturated heterocycles. The Balaban J connectivity index is 1.71. The van der Waals surface area contributed by atoms with E-state index in [4.69, 9.17) is 4.74 Å². The van der Waals surface area contributed by atoms with Gasteiger partial charge in [-0.3, -0.25) is 4.79 Å². The van der Waals surface area contributed by atoms with Crippen LogP contribution < -0.4 is 10.1 Å². The van der Waals surface area contributed by atoms with E-state index in [0.717, 1.165) is 26.8 Å². The zero-order valence-corrected chi connectivity index (χ0v) is 14.8. The van der Waals surface area contributed by atoms with Gasteiger partial charge in [0.2, 0.25) is 5.91 Å². The van der Waals surface area contributed by atoms with Crippen LogP contribution in [0.4, 0.5) is 5.69 Å². The quantitative estimate of drug-likeness (QED) is 0.678. The number of anilines is 1. The third-order valence-corrected chi connectivity index (χ3v) is 4.71. The van der Waals surface area contributed by atoms with Crippen molar-refractivity contribution in [3.8, 4) is 5.75 Å². The molecule has 0 atom stereocenters. The van der Waals surface area contributed by atoms with E-state index >= 15 is 0 Å². The molecule has 0 aliphatic carbocycles. The van der Waals surface area contributed by atoms with Crippen LogP contribution in [0.2, 0.25) is 0 Å². The molecule has 1 amide bonds. The Kier molecular flexibility index (Phi) is 5.75. The highest BCUT2D eigenvalue weighted by atomic mass is 32.2. The lowest BCUT2D eigenvalue weighted by molar-refractivity contribution is -0.115. The van der Waals surface area contributed by atoms with Gasteiger partial charge in [-0.25, -0.2) is 0 Å². The zero-order valence-electron chi connectivity index (χ0n) is 13.9. The van der Waals surface area contributed by atoms with Crippen LogP contribution in [0.1, 0.15) is 5.56 Å². The summed E-state index contributed by atoms with van der Waals surface area (Å²) < 4.78 is 5.21. The minimum atomic E-state index is -0.0469. The number of para-hydroxylation sites is 1. The lowest BCUT2D eigenvalue weighted by Gasteiger charge is -2.11. The monoisotopic (exact) mass is 349 g/mol. The molecule has 0 radical (unpaired) electrons. The normalized spacial score (nSPS) is 10.3. The second-order valence-corrected chi connectivity index (χ2v) is 6.60. The number of carbonyl (C=O) groups excluding carboxylic acids is 1. The summed E-state index contributed by atoms with van der Waals surface area (Å²) in [6.07, 6.45) is 0.307. The highest BCUT2D eigenvalue weighted by Crippen LogP contribution is 2.33. The first kappa shape index (κ1) is 17.1. The molecule has 0 heterocycles. The molecule has 3 nitrogen and oxygen atoms in total. The lowest BCUT2D eigenvalue weighted by Crippen LogP contribution is -2.14. The molecule has 0 unspecified atom stereocenters. The molecule has 3 aromatic rings. The van der Waals surface area contributed by atoms with Crippen molar-refractivity contribution in [2.75, 3.05) is 12.4 Å². The smallest absolute Gasteiger partial charge is 0.228 e. The molecule has 0 spiro atoms. The van der Waals surface area contributed by atoms with Crippen LogP contribution in [0.5, 0.6) is 5.75 Å². The van der Waals surface area contributed by atoms with Crippen molar-refractivity contribution >= 4 is 23.4 Å². The van der Waals surface area contributed by atoms with Gasteiger partial charge < -0.3 is 10.1 Å². The van der Waals surface area contributed by atoms with Crippen LogP contribution in [-0.4, -0.2) is 13.0 Å². The minimum Gasteiger partial charge on any atom is -0.497 e. The Hall–Kier alpha value is -2.72. The van der Waals surface area contributed by atoms with E-state index in [9.17, 15) is 4.79 Å². The Morgan fingerprint density at radius 3 is 2.52 bits per heavy atom. The van der Waals surface area contributed by atoms with Crippen LogP contribution in [0.25, 0.3) is 0 Å². The highest BCUT2D eigenvalue weighted by Gasteiger charge is 2.09. The standard InChI is InChI=1S/C21H19NO2S/c1-24-17-9-7-8-16(14-17)15-21(23)22-19-12-5-6-13-20(19)25-18-10-3-2-4-11-18/h2-14H,15H2,1H3,(H,22,23). The van der Waals surface area contributed by atoms with Crippen molar-refractivity contribution < 1.29 is 9.53 Å². The summed E-state index contributed by atoms with van der Waals surface area (Å²) in [5, 5.41) is 3.02. The topological polar surface area (TPSA) is 38.3 Å². The minimum absolute atomic E-state index is 0.0469. The van der Waals surface area contributed by atoms with Gasteiger partial charge in [0.15, 0.2) is 0 Å². The molecule has 126 valence electrons. The van der Waals surface area contributed by atoms with Crippen LogP contribution >= 0.6 is 11.8 Å². The summed E-state index contributed by atoms with van der Waals surface area (Å²) in [6, 6.07) is 25.5. The summed E-state index contributed by atoms with van der Waals surface area (Å²) in [5.41, 5.74) is 1.74. The van der Waals surface area contributed by atoms with Gasteiger partial charge in [-0.2, -0.15) is 0 Å². The summed E-state index contributed by atoms with van der Waals surface area (Å²) in [4.78, 5) is 14.6. The number of hydrogen-bond acceptors (Lipinski definition) is 3. The Bertz CT molecular complexity index is 849. The lowest BCUT2D eigenvalue weighted by atomic mass is 10.1. The number of rotatable bonds is 6. The van der Waals surface area contributed by atoms with E-state index in [-0.39, 0.29) is 5.91 Å². The van der Waals surface area contributed by atoms with E-state index in [1.54, 1.807) is 18.9 Å². The molecule has 0 aliphatic heterocycles. The number of nitrogens with one attached hydrogen (secondary N) is 1. The molecule has 0 aliphatic rings. The number of methoxy groups -OCH3 is 1. The highest BCUT2D eigenvalue weighted by molar-refractivity contribution is 7.99. The molecular formula is C21H19NO2S. The molecule has 0 fully saturated rings. The van der Waals surface area contributed by atoms with Gasteiger partial charge in [0, 0.05) is 9.79 Å². The third-order valence-electron chi connectivity index (χ3n) is 3.63. The molecule has 0 aromatic heterocycles. The summed E-state index contributed by atoms with van der Waals surface area (Å²) in [7, 11) is 1.62. The number of ether oxygens (including phenoxy) is 1. The molecule has 0 bridgehead atoms. The van der Waals surface area contributed by atoms with Crippen molar-refractivity contribution in [2.45, 2.75) is 16.2 Å². The maximum atomic E-state index is 12.4. The average Bonchev–Trinajstić information content (AvgIpc) is 2.64. The third kappa shape index (κ3) is 4.88. The first-order valence-electron chi connectivity index (χ1n) is 7.99. The predicted molar refractivity (Wildman–Crippen MR) is 102 cm³/mol. The number of hydrogen-bond donors (Lipinski definition) is 1. The van der Waals surface area contributed by atoms with E-state index in [0.29, 0.717) is 6.42 Å². The fourth-order valence-corrected chi connectivity index (χ4v) is 3.36. The maximum absolute atomic E-state index is 12.4. The van der Waals surface area contributed by atoms with Gasteiger partial charge in [0.05, 0.1) is 19.2 Å². The van der Waals surface area contributed by atoms with Crippen molar-refractivity contribution in [3.05, 3.63) is 84.4 Å². The summed E-state index contributed by atoms with van der Waals surface area (Å²) in [6.45, 7) is 0. The average molecular weight is 349 g/mol. The Morgan fingerprint density at radius 2 is 1.72 bits per heavy atom. The van der Waals surface area contributed by atoms with Gasteiger partial charge in [-0.15, -0.1) is 0 Å². The largest absolute Gasteiger partial charge is 0.497 e. The van der Waals surface area contributed by atoms with Gasteiger partial charge in [-0.1, -0.05) is 54.2 Å². The van der Waals surface area contributed by atoms with Gasteiger partial charge in [0.1, 0.15) is 5.75 Å². The number of carbonyl (C=O) groups is 1. The Morgan fingerprint density at radius 1 is 0.960 bits per heavy atom. The number of amides is 1. The van der Waals surface area contributed by atoms with E-state index in [1.807, 2.05) is 66.7 Å². The fraction of sp³-hybridized carbons (Fsp3) is 0.0952. The first-order chi connectivity index (χ1) is 12.2. The maximum Gasteiger partial charge on any atom is 0.228 e. The van der Waals surface area contributed by atoms with Crippen molar-refractivity contribution in [1.29, 1.82) is 0 Å². The van der Waals surface area contributed by atoms with Gasteiger partial charge in [-0.05, 0) is 42.0 Å². The second kappa shape index (κ2) is 8.40. The number of benzene rings is 3. The predicted octanol–water partition coefficient (Wildman–Crippen LogP) is 5.03. The first-order valence-corrected chi connectivity index (χ1v) is 8.81. The zero-order chi connectivity index (χ0) is 17.5. The fourth-order valence-electron chi connectivity index (χ4n) is 2.44. The molecule has 0 saturated carbocycles. The molecule has 25 heavy (non-hydrogen) atoms.